The zero-order valence-electron chi connectivity index (χ0n) is 15.5. The van der Waals surface area contributed by atoms with Crippen molar-refractivity contribution in [1.29, 1.82) is 0 Å². The molecule has 0 aromatic heterocycles. The molecule has 1 unspecified atom stereocenters. The molecule has 4 nitrogen and oxygen atoms in total. The van der Waals surface area contributed by atoms with E-state index in [1.807, 2.05) is 39.0 Å². The predicted molar refractivity (Wildman–Crippen MR) is 99.8 cm³/mol. The first-order valence-electron chi connectivity index (χ1n) is 8.90. The summed E-state index contributed by atoms with van der Waals surface area (Å²) in [5, 5.41) is 2.96. The van der Waals surface area contributed by atoms with Gasteiger partial charge in [0.15, 0.2) is 18.1 Å². The molecular formula is C21H26FNO3. The number of benzene rings is 2. The van der Waals surface area contributed by atoms with E-state index < -0.39 is 0 Å². The molecular weight excluding hydrogens is 333 g/mol. The highest BCUT2D eigenvalue weighted by atomic mass is 19.1. The van der Waals surface area contributed by atoms with Crippen molar-refractivity contribution in [1.82, 2.24) is 5.32 Å². The molecule has 140 valence electrons. The summed E-state index contributed by atoms with van der Waals surface area (Å²) in [4.78, 5) is 12.3. The summed E-state index contributed by atoms with van der Waals surface area (Å²) in [5.74, 6) is 0.789. The van der Waals surface area contributed by atoms with Gasteiger partial charge in [0.1, 0.15) is 5.82 Å². The lowest BCUT2D eigenvalue weighted by Gasteiger charge is -2.23. The fourth-order valence-corrected chi connectivity index (χ4v) is 2.56. The van der Waals surface area contributed by atoms with Crippen molar-refractivity contribution in [3.8, 4) is 11.5 Å². The van der Waals surface area contributed by atoms with Gasteiger partial charge in [0.2, 0.25) is 0 Å². The van der Waals surface area contributed by atoms with Gasteiger partial charge in [-0.1, -0.05) is 45.0 Å². The van der Waals surface area contributed by atoms with E-state index in [-0.39, 0.29) is 30.3 Å². The number of nitrogens with one attached hydrogen (secondary N) is 1. The lowest BCUT2D eigenvalue weighted by molar-refractivity contribution is -0.124. The molecule has 1 N–H and O–H groups in total. The maximum atomic E-state index is 13.1. The van der Waals surface area contributed by atoms with Crippen LogP contribution in [0.5, 0.6) is 11.5 Å². The Hall–Kier alpha value is -2.56. The van der Waals surface area contributed by atoms with Gasteiger partial charge in [0, 0.05) is 0 Å². The van der Waals surface area contributed by atoms with Gasteiger partial charge in [0.25, 0.3) is 5.91 Å². The topological polar surface area (TPSA) is 47.6 Å². The average Bonchev–Trinajstić information content (AvgIpc) is 2.64. The standard InChI is InChI=1S/C21H26FNO3/c1-4-13-25-18-7-5-6-8-19(18)26-14-20(24)23-21(15(2)3)16-9-11-17(22)12-10-16/h5-12,15,21H,4,13-14H2,1-3H3,(H,23,24). The van der Waals surface area contributed by atoms with Gasteiger partial charge in [0.05, 0.1) is 12.6 Å². The number of hydrogen-bond acceptors (Lipinski definition) is 3. The van der Waals surface area contributed by atoms with Crippen molar-refractivity contribution in [2.75, 3.05) is 13.2 Å². The third kappa shape index (κ3) is 5.76. The Balaban J connectivity index is 1.98. The number of carbonyl (C=O) groups is 1. The number of hydrogen-bond donors (Lipinski definition) is 1. The number of carbonyl (C=O) groups excluding carboxylic acids is 1. The maximum absolute atomic E-state index is 13.1. The van der Waals surface area contributed by atoms with Crippen LogP contribution in [-0.2, 0) is 4.79 Å². The largest absolute Gasteiger partial charge is 0.490 e. The Bertz CT molecular complexity index is 701. The van der Waals surface area contributed by atoms with Crippen LogP contribution in [0.2, 0.25) is 0 Å². The lowest BCUT2D eigenvalue weighted by Crippen LogP contribution is -2.35. The Labute approximate surface area is 154 Å². The molecule has 2 aromatic rings. The van der Waals surface area contributed by atoms with E-state index >= 15 is 0 Å². The molecule has 0 aliphatic rings. The van der Waals surface area contributed by atoms with Crippen molar-refractivity contribution in [3.63, 3.8) is 0 Å². The average molecular weight is 359 g/mol. The highest BCUT2D eigenvalue weighted by Crippen LogP contribution is 2.27. The minimum atomic E-state index is -0.297. The quantitative estimate of drug-likeness (QED) is 0.717. The Morgan fingerprint density at radius 3 is 2.23 bits per heavy atom. The predicted octanol–water partition coefficient (Wildman–Crippen LogP) is 4.51. The number of ether oxygens (including phenoxy) is 2. The molecule has 0 spiro atoms. The summed E-state index contributed by atoms with van der Waals surface area (Å²) >= 11 is 0. The molecule has 0 heterocycles. The third-order valence-corrected chi connectivity index (χ3v) is 3.88. The lowest BCUT2D eigenvalue weighted by atomic mass is 9.96. The third-order valence-electron chi connectivity index (χ3n) is 3.88. The van der Waals surface area contributed by atoms with Crippen molar-refractivity contribution >= 4 is 5.91 Å². The minimum absolute atomic E-state index is 0.114. The van der Waals surface area contributed by atoms with Crippen LogP contribution in [0.1, 0.15) is 38.8 Å². The van der Waals surface area contributed by atoms with Crippen LogP contribution in [0, 0.1) is 11.7 Å². The molecule has 5 heteroatoms. The van der Waals surface area contributed by atoms with Crippen molar-refractivity contribution in [2.45, 2.75) is 33.2 Å². The van der Waals surface area contributed by atoms with E-state index in [0.717, 1.165) is 12.0 Å². The maximum Gasteiger partial charge on any atom is 0.258 e. The first-order valence-corrected chi connectivity index (χ1v) is 8.90. The van der Waals surface area contributed by atoms with E-state index in [2.05, 4.69) is 5.32 Å². The molecule has 0 saturated carbocycles. The van der Waals surface area contributed by atoms with Gasteiger partial charge < -0.3 is 14.8 Å². The van der Waals surface area contributed by atoms with Gasteiger partial charge >= 0.3 is 0 Å². The molecule has 0 radical (unpaired) electrons. The first-order chi connectivity index (χ1) is 12.5. The molecule has 1 amide bonds. The minimum Gasteiger partial charge on any atom is -0.490 e. The molecule has 26 heavy (non-hydrogen) atoms. The Morgan fingerprint density at radius 2 is 1.65 bits per heavy atom. The number of amides is 1. The zero-order valence-corrected chi connectivity index (χ0v) is 15.5. The second-order valence-corrected chi connectivity index (χ2v) is 6.42. The van der Waals surface area contributed by atoms with Crippen LogP contribution in [-0.4, -0.2) is 19.1 Å². The molecule has 2 aromatic carbocycles. The van der Waals surface area contributed by atoms with Crippen molar-refractivity contribution < 1.29 is 18.7 Å². The van der Waals surface area contributed by atoms with E-state index in [9.17, 15) is 9.18 Å². The zero-order chi connectivity index (χ0) is 18.9. The molecule has 0 aliphatic carbocycles. The van der Waals surface area contributed by atoms with E-state index in [1.54, 1.807) is 18.2 Å². The van der Waals surface area contributed by atoms with Gasteiger partial charge in [-0.25, -0.2) is 4.39 Å². The molecule has 0 fully saturated rings. The summed E-state index contributed by atoms with van der Waals surface area (Å²) in [6.45, 7) is 6.51. The molecule has 0 saturated heterocycles. The van der Waals surface area contributed by atoms with Crippen LogP contribution in [0.25, 0.3) is 0 Å². The van der Waals surface area contributed by atoms with Gasteiger partial charge in [-0.2, -0.15) is 0 Å². The number of para-hydroxylation sites is 2. The molecule has 1 atom stereocenters. The van der Waals surface area contributed by atoms with Crippen LogP contribution in [0.3, 0.4) is 0 Å². The Kier molecular flexibility index (Phi) is 7.45. The second kappa shape index (κ2) is 9.80. The van der Waals surface area contributed by atoms with E-state index in [0.29, 0.717) is 18.1 Å². The summed E-state index contributed by atoms with van der Waals surface area (Å²) in [6, 6.07) is 13.3. The highest BCUT2D eigenvalue weighted by molar-refractivity contribution is 5.78. The van der Waals surface area contributed by atoms with E-state index in [4.69, 9.17) is 9.47 Å². The summed E-state index contributed by atoms with van der Waals surface area (Å²) < 4.78 is 24.4. The van der Waals surface area contributed by atoms with Crippen LogP contribution in [0.15, 0.2) is 48.5 Å². The summed E-state index contributed by atoms with van der Waals surface area (Å²) in [5.41, 5.74) is 0.862. The van der Waals surface area contributed by atoms with Gasteiger partial charge in [-0.3, -0.25) is 4.79 Å². The normalized spacial score (nSPS) is 11.9. The van der Waals surface area contributed by atoms with E-state index in [1.165, 1.54) is 12.1 Å². The summed E-state index contributed by atoms with van der Waals surface area (Å²) in [6.07, 6.45) is 0.891. The van der Waals surface area contributed by atoms with Gasteiger partial charge in [-0.05, 0) is 42.2 Å². The van der Waals surface area contributed by atoms with Crippen molar-refractivity contribution in [3.05, 3.63) is 59.9 Å². The second-order valence-electron chi connectivity index (χ2n) is 6.42. The number of rotatable bonds is 9. The first kappa shape index (κ1) is 19.8. The fourth-order valence-electron chi connectivity index (χ4n) is 2.56. The Morgan fingerprint density at radius 1 is 1.04 bits per heavy atom. The smallest absolute Gasteiger partial charge is 0.258 e. The number of halogens is 1. The van der Waals surface area contributed by atoms with Crippen LogP contribution < -0.4 is 14.8 Å². The van der Waals surface area contributed by atoms with Crippen molar-refractivity contribution in [2.24, 2.45) is 5.92 Å². The van der Waals surface area contributed by atoms with Gasteiger partial charge in [-0.15, -0.1) is 0 Å². The molecule has 0 bridgehead atoms. The van der Waals surface area contributed by atoms with Crippen LogP contribution >= 0.6 is 0 Å². The molecule has 0 aliphatic heterocycles. The monoisotopic (exact) mass is 359 g/mol. The highest BCUT2D eigenvalue weighted by Gasteiger charge is 2.19. The summed E-state index contributed by atoms with van der Waals surface area (Å²) in [7, 11) is 0. The van der Waals surface area contributed by atoms with Crippen LogP contribution in [0.4, 0.5) is 4.39 Å². The fraction of sp³-hybridized carbons (Fsp3) is 0.381. The molecule has 2 rings (SSSR count). The SMILES string of the molecule is CCCOc1ccccc1OCC(=O)NC(c1ccc(F)cc1)C(C)C.